The van der Waals surface area contributed by atoms with Gasteiger partial charge < -0.3 is 9.47 Å². The van der Waals surface area contributed by atoms with Crippen molar-refractivity contribution in [1.82, 2.24) is 9.55 Å². The number of carbonyl (C=O) groups excluding carboxylic acids is 1. The smallest absolute Gasteiger partial charge is 0.338 e. The van der Waals surface area contributed by atoms with Crippen molar-refractivity contribution in [3.63, 3.8) is 0 Å². The van der Waals surface area contributed by atoms with Gasteiger partial charge in [-0.25, -0.2) is 9.59 Å². The van der Waals surface area contributed by atoms with Crippen LogP contribution in [0.2, 0.25) is 0 Å². The summed E-state index contributed by atoms with van der Waals surface area (Å²) in [6.07, 6.45) is -0.923. The Morgan fingerprint density at radius 3 is 2.57 bits per heavy atom. The molecule has 3 rings (SSSR count). The lowest BCUT2D eigenvalue weighted by Gasteiger charge is -2.19. The molecule has 0 bridgehead atoms. The Kier molecular flexibility index (Phi) is 6.60. The zero-order chi connectivity index (χ0) is 22.1. The van der Waals surface area contributed by atoms with Gasteiger partial charge in [0, 0.05) is 11.8 Å². The molecule has 0 unspecified atom stereocenters. The lowest BCUT2D eigenvalue weighted by atomic mass is 10.2. The number of H-pyrrole nitrogens is 1. The second-order valence-corrected chi connectivity index (χ2v) is 9.38. The second-order valence-electron chi connectivity index (χ2n) is 6.72. The topological polar surface area (TPSA) is 134 Å². The predicted molar refractivity (Wildman–Crippen MR) is 109 cm³/mol. The Morgan fingerprint density at radius 1 is 1.27 bits per heavy atom. The molecule has 1 saturated heterocycles. The standard InChI is InChI=1S/C18H19BrN2O8S/c1-10-8-21(18(24)20-15(10)22)16-13(19)14(29-30(2,25)26)12(28-16)9-27-17(23)11-6-4-3-5-7-11/h3-8,12-14,16H,9H2,1-2H3,(H,20,22,24)/t12-,13-,14-,16-/m1/s1. The van der Waals surface area contributed by atoms with Crippen LogP contribution in [0.15, 0.2) is 46.1 Å². The van der Waals surface area contributed by atoms with Crippen LogP contribution < -0.4 is 11.2 Å². The predicted octanol–water partition coefficient (Wildman–Crippen LogP) is 0.708. The van der Waals surface area contributed by atoms with E-state index in [-0.39, 0.29) is 12.2 Å². The summed E-state index contributed by atoms with van der Waals surface area (Å²) in [4.78, 5) is 37.5. The Balaban J connectivity index is 1.85. The van der Waals surface area contributed by atoms with Crippen molar-refractivity contribution in [1.29, 1.82) is 0 Å². The zero-order valence-electron chi connectivity index (χ0n) is 16.0. The molecular formula is C18H19BrN2O8S. The van der Waals surface area contributed by atoms with Crippen molar-refractivity contribution in [2.45, 2.75) is 30.2 Å². The number of ether oxygens (including phenoxy) is 2. The van der Waals surface area contributed by atoms with Gasteiger partial charge >= 0.3 is 11.7 Å². The first-order valence-corrected chi connectivity index (χ1v) is 11.5. The number of alkyl halides is 1. The molecule has 12 heteroatoms. The summed E-state index contributed by atoms with van der Waals surface area (Å²) in [5.41, 5.74) is -0.703. The summed E-state index contributed by atoms with van der Waals surface area (Å²) in [6, 6.07) is 8.24. The number of carbonyl (C=O) groups is 1. The van der Waals surface area contributed by atoms with E-state index < -0.39 is 50.6 Å². The van der Waals surface area contributed by atoms with Gasteiger partial charge in [-0.05, 0) is 19.1 Å². The number of aryl methyl sites for hydroxylation is 1. The Labute approximate surface area is 180 Å². The lowest BCUT2D eigenvalue weighted by Crippen LogP contribution is -2.38. The summed E-state index contributed by atoms with van der Waals surface area (Å²) in [5.74, 6) is -0.621. The average molecular weight is 503 g/mol. The van der Waals surface area contributed by atoms with Gasteiger partial charge in [-0.1, -0.05) is 34.1 Å². The van der Waals surface area contributed by atoms with E-state index >= 15 is 0 Å². The van der Waals surface area contributed by atoms with Gasteiger partial charge in [-0.15, -0.1) is 0 Å². The molecule has 0 spiro atoms. The molecule has 1 aromatic carbocycles. The van der Waals surface area contributed by atoms with Crippen LogP contribution in [0.4, 0.5) is 0 Å². The first-order chi connectivity index (χ1) is 14.1. The monoisotopic (exact) mass is 502 g/mol. The van der Waals surface area contributed by atoms with Gasteiger partial charge in [0.2, 0.25) is 0 Å². The molecule has 0 radical (unpaired) electrons. The molecule has 4 atom stereocenters. The maximum atomic E-state index is 12.2. The van der Waals surface area contributed by atoms with Gasteiger partial charge in [-0.2, -0.15) is 8.42 Å². The number of aromatic nitrogens is 2. The molecule has 1 N–H and O–H groups in total. The molecule has 2 heterocycles. The number of aromatic amines is 1. The highest BCUT2D eigenvalue weighted by molar-refractivity contribution is 9.09. The molecule has 1 aromatic heterocycles. The molecular weight excluding hydrogens is 484 g/mol. The minimum atomic E-state index is -3.89. The summed E-state index contributed by atoms with van der Waals surface area (Å²) >= 11 is 3.32. The van der Waals surface area contributed by atoms with Crippen molar-refractivity contribution in [2.24, 2.45) is 0 Å². The Bertz CT molecular complexity index is 1140. The average Bonchev–Trinajstić information content (AvgIpc) is 2.97. The normalized spacial score (nSPS) is 24.0. The van der Waals surface area contributed by atoms with E-state index in [0.29, 0.717) is 5.56 Å². The quantitative estimate of drug-likeness (QED) is 0.346. The zero-order valence-corrected chi connectivity index (χ0v) is 18.4. The third-order valence-corrected chi connectivity index (χ3v) is 5.91. The molecule has 162 valence electrons. The summed E-state index contributed by atoms with van der Waals surface area (Å²) in [5, 5.41) is 0. The van der Waals surface area contributed by atoms with Crippen LogP contribution in [0, 0.1) is 6.92 Å². The van der Waals surface area contributed by atoms with Gasteiger partial charge in [0.1, 0.15) is 18.8 Å². The summed E-state index contributed by atoms with van der Waals surface area (Å²) in [6.45, 7) is 1.19. The van der Waals surface area contributed by atoms with Crippen molar-refractivity contribution < 1.29 is 26.9 Å². The van der Waals surface area contributed by atoms with Gasteiger partial charge in [-0.3, -0.25) is 18.5 Å². The number of halogens is 1. The van der Waals surface area contributed by atoms with E-state index in [1.54, 1.807) is 30.3 Å². The van der Waals surface area contributed by atoms with Gasteiger partial charge in [0.15, 0.2) is 6.23 Å². The van der Waals surface area contributed by atoms with Crippen LogP contribution in [0.5, 0.6) is 0 Å². The molecule has 1 fully saturated rings. The Morgan fingerprint density at radius 2 is 1.93 bits per heavy atom. The highest BCUT2D eigenvalue weighted by Gasteiger charge is 2.47. The number of rotatable bonds is 6. The summed E-state index contributed by atoms with van der Waals surface area (Å²) in [7, 11) is -3.89. The van der Waals surface area contributed by atoms with Crippen molar-refractivity contribution >= 4 is 32.0 Å². The molecule has 30 heavy (non-hydrogen) atoms. The highest BCUT2D eigenvalue weighted by atomic mass is 79.9. The largest absolute Gasteiger partial charge is 0.459 e. The van der Waals surface area contributed by atoms with Crippen molar-refractivity contribution in [3.8, 4) is 0 Å². The molecule has 1 aliphatic rings. The first kappa shape index (κ1) is 22.4. The van der Waals surface area contributed by atoms with Crippen LogP contribution in [-0.2, 0) is 23.8 Å². The number of nitrogens with zero attached hydrogens (tertiary/aromatic N) is 1. The fourth-order valence-electron chi connectivity index (χ4n) is 2.96. The van der Waals surface area contributed by atoms with E-state index in [1.807, 2.05) is 0 Å². The van der Waals surface area contributed by atoms with Gasteiger partial charge in [0.25, 0.3) is 15.7 Å². The molecule has 0 amide bonds. The van der Waals surface area contributed by atoms with Crippen LogP contribution in [0.1, 0.15) is 22.1 Å². The molecule has 10 nitrogen and oxygen atoms in total. The minimum absolute atomic E-state index is 0.262. The number of hydrogen-bond donors (Lipinski definition) is 1. The molecule has 1 aliphatic heterocycles. The number of esters is 1. The van der Waals surface area contributed by atoms with Crippen LogP contribution in [0.3, 0.4) is 0 Å². The van der Waals surface area contributed by atoms with E-state index in [4.69, 9.17) is 13.7 Å². The fraction of sp³-hybridized carbons (Fsp3) is 0.389. The van der Waals surface area contributed by atoms with Crippen LogP contribution in [0.25, 0.3) is 0 Å². The molecule has 0 saturated carbocycles. The fourth-order valence-corrected chi connectivity index (χ4v) is 4.58. The van der Waals surface area contributed by atoms with E-state index in [0.717, 1.165) is 10.8 Å². The van der Waals surface area contributed by atoms with E-state index in [2.05, 4.69) is 20.9 Å². The number of hydrogen-bond acceptors (Lipinski definition) is 8. The van der Waals surface area contributed by atoms with Crippen LogP contribution >= 0.6 is 15.9 Å². The van der Waals surface area contributed by atoms with Crippen LogP contribution in [-0.4, -0.2) is 53.8 Å². The number of nitrogens with one attached hydrogen (secondary N) is 1. The SMILES string of the molecule is Cc1cn([C@@H]2O[C@H](COC(=O)c3ccccc3)[C@@H](OS(C)(=O)=O)[C@H]2Br)c(=O)[nH]c1=O. The summed E-state index contributed by atoms with van der Waals surface area (Å²) < 4.78 is 40.8. The Hall–Kier alpha value is -2.28. The van der Waals surface area contributed by atoms with E-state index in [1.165, 1.54) is 13.1 Å². The maximum Gasteiger partial charge on any atom is 0.338 e. The highest BCUT2D eigenvalue weighted by Crippen LogP contribution is 2.36. The minimum Gasteiger partial charge on any atom is -0.459 e. The molecule has 2 aromatic rings. The second kappa shape index (κ2) is 8.84. The maximum absolute atomic E-state index is 12.2. The lowest BCUT2D eigenvalue weighted by molar-refractivity contribution is -0.0487. The van der Waals surface area contributed by atoms with Gasteiger partial charge in [0.05, 0.1) is 16.6 Å². The van der Waals surface area contributed by atoms with Crippen molar-refractivity contribution in [3.05, 3.63) is 68.5 Å². The van der Waals surface area contributed by atoms with E-state index in [9.17, 15) is 22.8 Å². The third-order valence-electron chi connectivity index (χ3n) is 4.36. The first-order valence-electron chi connectivity index (χ1n) is 8.79. The van der Waals surface area contributed by atoms with Crippen molar-refractivity contribution in [2.75, 3.05) is 12.9 Å². The third kappa shape index (κ3) is 5.06. The molecule has 0 aliphatic carbocycles. The number of benzene rings is 1.